The third-order valence-corrected chi connectivity index (χ3v) is 22.1. The van der Waals surface area contributed by atoms with Gasteiger partial charge in [0.15, 0.2) is 0 Å². The number of furan rings is 2. The van der Waals surface area contributed by atoms with Gasteiger partial charge in [0.2, 0.25) is 0 Å². The van der Waals surface area contributed by atoms with Gasteiger partial charge in [0.25, 0.3) is 0 Å². The van der Waals surface area contributed by atoms with E-state index in [2.05, 4.69) is 240 Å². The summed E-state index contributed by atoms with van der Waals surface area (Å²) in [4.78, 5) is 7.79. The van der Waals surface area contributed by atoms with E-state index in [1.165, 1.54) is 105 Å². The fraction of sp³-hybridized carbons (Fsp3) is 0.0286. The molecule has 8 heteroatoms. The predicted molar refractivity (Wildman–Crippen MR) is 324 cm³/mol. The summed E-state index contributed by atoms with van der Waals surface area (Å²) in [6.45, 7) is 0. The molecule has 10 aromatic carbocycles. The molecule has 6 aromatic heterocycles. The summed E-state index contributed by atoms with van der Waals surface area (Å²) in [7, 11) is 0. The molecule has 2 spiro atoms. The van der Waals surface area contributed by atoms with Gasteiger partial charge in [-0.05, 0) is 106 Å². The van der Waals surface area contributed by atoms with Gasteiger partial charge in [-0.25, -0.2) is 0 Å². The minimum absolute atomic E-state index is 0.712. The maximum Gasteiger partial charge on any atom is 0.137 e. The molecule has 3 aliphatic rings. The van der Waals surface area contributed by atoms with Crippen LogP contribution in [-0.2, 0) is 10.8 Å². The largest absolute Gasteiger partial charge is 0.456 e. The summed E-state index contributed by atoms with van der Waals surface area (Å²) < 4.78 is 18.5. The van der Waals surface area contributed by atoms with Crippen molar-refractivity contribution in [2.75, 3.05) is 0 Å². The van der Waals surface area contributed by atoms with Crippen LogP contribution in [0.2, 0.25) is 0 Å². The van der Waals surface area contributed by atoms with Crippen molar-refractivity contribution in [1.82, 2.24) is 9.13 Å². The molecular weight excluding hydrogens is 1030 g/mol. The predicted octanol–water partition coefficient (Wildman–Crippen LogP) is 19.8. The van der Waals surface area contributed by atoms with Gasteiger partial charge >= 0.3 is 0 Å². The summed E-state index contributed by atoms with van der Waals surface area (Å²) >= 11 is 7.72. The van der Waals surface area contributed by atoms with Crippen LogP contribution < -0.4 is 0 Å². The number of aromatic nitrogens is 2. The number of fused-ring (bicyclic) bond motifs is 26. The second-order valence-electron chi connectivity index (χ2n) is 21.0. The van der Waals surface area contributed by atoms with Gasteiger partial charge < -0.3 is 18.0 Å². The molecule has 19 rings (SSSR count). The van der Waals surface area contributed by atoms with Crippen LogP contribution >= 0.6 is 46.2 Å². The second kappa shape index (κ2) is 15.2. The lowest BCUT2D eigenvalue weighted by molar-refractivity contribution is 0.609. The first kappa shape index (κ1) is 42.6. The normalized spacial score (nSPS) is 14.8. The van der Waals surface area contributed by atoms with Crippen LogP contribution in [0.1, 0.15) is 43.1 Å². The van der Waals surface area contributed by atoms with E-state index in [-0.39, 0.29) is 0 Å². The van der Waals surface area contributed by atoms with Crippen molar-refractivity contribution in [3.63, 3.8) is 0 Å². The molecule has 4 nitrogen and oxygen atoms in total. The molecule has 0 N–H and O–H groups in total. The Morgan fingerprint density at radius 1 is 0.269 bits per heavy atom. The monoisotopic (exact) mass is 1070 g/mol. The van der Waals surface area contributed by atoms with Crippen molar-refractivity contribution in [2.45, 2.75) is 30.4 Å². The van der Waals surface area contributed by atoms with E-state index < -0.39 is 10.8 Å². The van der Waals surface area contributed by atoms with E-state index in [9.17, 15) is 0 Å². The highest BCUT2D eigenvalue weighted by atomic mass is 32.2. The number of nitrogens with zero attached hydrogens (tertiary/aromatic N) is 2. The lowest BCUT2D eigenvalue weighted by atomic mass is 9.55. The first-order valence-electron chi connectivity index (χ1n) is 26.4. The van der Waals surface area contributed by atoms with Crippen LogP contribution in [0.5, 0.6) is 0 Å². The molecule has 0 saturated heterocycles. The van der Waals surface area contributed by atoms with Gasteiger partial charge in [-0.15, -0.1) is 22.7 Å². The lowest BCUT2D eigenvalue weighted by Crippen LogP contribution is -2.45. The number of benzene rings is 10. The van der Waals surface area contributed by atoms with Crippen LogP contribution in [0.4, 0.5) is 0 Å². The standard InChI is InChI=1S/C70H38N2O2S4/c1-9-25-53-39(17-1)43-33-45-41-19-3-11-27-57(41)73-59(45)37-55(43)71(53)65-35-51-67(77-65)70(49-23-7-15-31-63(49)76-64-32-16-8-24-50(64)70)52-36-66(78-68(52)69(51)47-21-5-13-29-61(47)75-62-30-14-6-22-48(62)69)72-54-26-10-2-18-40(54)44-34-46-42-20-4-12-28-58(42)74-60(46)38-56(44)72/h1-38H. The summed E-state index contributed by atoms with van der Waals surface area (Å²) in [5.41, 5.74) is 14.7. The highest BCUT2D eigenvalue weighted by Crippen LogP contribution is 2.70. The minimum Gasteiger partial charge on any atom is -0.456 e. The maximum atomic E-state index is 6.71. The third-order valence-electron chi connectivity index (χ3n) is 17.3. The average Bonchev–Trinajstić information content (AvgIpc) is 2.08. The lowest BCUT2D eigenvalue weighted by Gasteiger charge is -2.51. The topological polar surface area (TPSA) is 36.1 Å². The molecule has 0 atom stereocenters. The number of para-hydroxylation sites is 4. The van der Waals surface area contributed by atoms with Gasteiger partial charge in [0.05, 0.1) is 32.9 Å². The van der Waals surface area contributed by atoms with E-state index in [0.717, 1.165) is 54.9 Å². The fourth-order valence-corrected chi connectivity index (χ4v) is 19.6. The molecule has 8 heterocycles. The summed E-state index contributed by atoms with van der Waals surface area (Å²) in [5, 5.41) is 11.8. The van der Waals surface area contributed by atoms with E-state index in [1.54, 1.807) is 0 Å². The number of rotatable bonds is 2. The van der Waals surface area contributed by atoms with E-state index in [4.69, 9.17) is 8.83 Å². The van der Waals surface area contributed by atoms with Gasteiger partial charge in [0.1, 0.15) is 32.3 Å². The Kier molecular flexibility index (Phi) is 8.28. The number of hydrogen-bond donors (Lipinski definition) is 0. The molecule has 0 unspecified atom stereocenters. The molecule has 0 bridgehead atoms. The Labute approximate surface area is 462 Å². The summed E-state index contributed by atoms with van der Waals surface area (Å²) in [5.74, 6) is 0. The van der Waals surface area contributed by atoms with Gasteiger partial charge in [0, 0.05) is 84.6 Å². The molecule has 0 fully saturated rings. The van der Waals surface area contributed by atoms with Gasteiger partial charge in [-0.3, -0.25) is 0 Å². The highest BCUT2D eigenvalue weighted by Gasteiger charge is 2.60. The zero-order valence-corrected chi connectivity index (χ0v) is 44.5. The first-order chi connectivity index (χ1) is 38.6. The Balaban J connectivity index is 0.996. The Morgan fingerprint density at radius 2 is 0.615 bits per heavy atom. The molecular formula is C70H38N2O2S4. The van der Waals surface area contributed by atoms with Crippen LogP contribution in [-0.4, -0.2) is 9.13 Å². The summed E-state index contributed by atoms with van der Waals surface area (Å²) in [6, 6.07) is 86.4. The first-order valence-corrected chi connectivity index (χ1v) is 29.6. The molecule has 16 aromatic rings. The van der Waals surface area contributed by atoms with Crippen molar-refractivity contribution < 1.29 is 8.83 Å². The van der Waals surface area contributed by atoms with Crippen LogP contribution in [0.15, 0.2) is 259 Å². The smallest absolute Gasteiger partial charge is 0.137 e. The second-order valence-corrected chi connectivity index (χ2v) is 25.2. The Hall–Kier alpha value is -8.50. The summed E-state index contributed by atoms with van der Waals surface area (Å²) in [6.07, 6.45) is 0. The van der Waals surface area contributed by atoms with Crippen LogP contribution in [0, 0.1) is 0 Å². The van der Waals surface area contributed by atoms with Gasteiger partial charge in [-0.2, -0.15) is 0 Å². The van der Waals surface area contributed by atoms with Crippen molar-refractivity contribution in [3.05, 3.63) is 274 Å². The van der Waals surface area contributed by atoms with Crippen LogP contribution in [0.3, 0.4) is 0 Å². The van der Waals surface area contributed by atoms with E-state index in [0.29, 0.717) is 0 Å². The zero-order valence-electron chi connectivity index (χ0n) is 41.3. The average molecular weight is 1070 g/mol. The van der Waals surface area contributed by atoms with E-state index in [1.807, 2.05) is 46.2 Å². The minimum atomic E-state index is -0.712. The molecule has 364 valence electrons. The Bertz CT molecular complexity index is 4860. The maximum absolute atomic E-state index is 6.71. The highest BCUT2D eigenvalue weighted by molar-refractivity contribution is 7.99. The fourth-order valence-electron chi connectivity index (χ4n) is 14.2. The van der Waals surface area contributed by atoms with E-state index >= 15 is 0 Å². The molecule has 2 aliphatic heterocycles. The Morgan fingerprint density at radius 3 is 1.03 bits per heavy atom. The van der Waals surface area contributed by atoms with Crippen molar-refractivity contribution in [1.29, 1.82) is 0 Å². The molecule has 1 aliphatic carbocycles. The quantitative estimate of drug-likeness (QED) is 0.173. The van der Waals surface area contributed by atoms with Crippen molar-refractivity contribution in [2.24, 2.45) is 0 Å². The molecule has 0 radical (unpaired) electrons. The van der Waals surface area contributed by atoms with Gasteiger partial charge in [-0.1, -0.05) is 169 Å². The molecule has 0 amide bonds. The third kappa shape index (κ3) is 5.20. The zero-order chi connectivity index (χ0) is 50.6. The van der Waals surface area contributed by atoms with Crippen LogP contribution in [0.25, 0.3) is 97.5 Å². The van der Waals surface area contributed by atoms with Crippen molar-refractivity contribution >= 4 is 134 Å². The molecule has 78 heavy (non-hydrogen) atoms. The number of hydrogen-bond acceptors (Lipinski definition) is 6. The molecule has 0 saturated carbocycles. The van der Waals surface area contributed by atoms with Crippen molar-refractivity contribution in [3.8, 4) is 10.0 Å². The number of thiophene rings is 2. The SMILES string of the molecule is c1ccc2c(c1)Sc1ccccc1C21c2cc(-n3c4ccccc4c4cc5c(cc43)oc3ccccc35)sc2C2(c3ccccc3Sc3ccccc32)c2cc(-n3c4ccccc4c4cc5c(cc43)oc3ccccc35)sc21.